The van der Waals surface area contributed by atoms with Crippen LogP contribution >= 0.6 is 0 Å². The van der Waals surface area contributed by atoms with Crippen molar-refractivity contribution in [1.29, 1.82) is 0 Å². The van der Waals surface area contributed by atoms with E-state index in [4.69, 9.17) is 10.3 Å². The molecule has 0 unspecified atom stereocenters. The highest BCUT2D eigenvalue weighted by Gasteiger charge is 2.11. The van der Waals surface area contributed by atoms with Crippen molar-refractivity contribution in [3.05, 3.63) is 60.6 Å². The van der Waals surface area contributed by atoms with Gasteiger partial charge in [0.05, 0.1) is 0 Å². The Hall–Kier alpha value is -2.95. The first kappa shape index (κ1) is 12.1. The zero-order chi connectivity index (χ0) is 13.9. The van der Waals surface area contributed by atoms with Crippen molar-refractivity contribution in [2.45, 2.75) is 0 Å². The Morgan fingerprint density at radius 2 is 1.85 bits per heavy atom. The van der Waals surface area contributed by atoms with Gasteiger partial charge in [-0.15, -0.1) is 0 Å². The van der Waals surface area contributed by atoms with E-state index in [2.05, 4.69) is 10.1 Å². The second-order valence-corrected chi connectivity index (χ2v) is 4.26. The van der Waals surface area contributed by atoms with Gasteiger partial charge in [-0.1, -0.05) is 29.4 Å². The smallest absolute Gasteiger partial charge is 0.287 e. The highest BCUT2D eigenvalue weighted by Crippen LogP contribution is 2.25. The Morgan fingerprint density at radius 3 is 2.55 bits per heavy atom. The number of amides is 1. The molecule has 0 radical (unpaired) electrons. The van der Waals surface area contributed by atoms with Crippen molar-refractivity contribution in [3.8, 4) is 22.4 Å². The van der Waals surface area contributed by atoms with Crippen LogP contribution in [0.1, 0.15) is 10.6 Å². The number of primary amides is 1. The maximum absolute atomic E-state index is 11.0. The molecule has 3 rings (SSSR count). The lowest BCUT2D eigenvalue weighted by molar-refractivity contribution is 0.0965. The molecule has 1 aromatic carbocycles. The summed E-state index contributed by atoms with van der Waals surface area (Å²) in [6, 6.07) is 13.1. The quantitative estimate of drug-likeness (QED) is 0.788. The number of nitrogens with zero attached hydrogens (tertiary/aromatic N) is 2. The fourth-order valence-corrected chi connectivity index (χ4v) is 1.92. The van der Waals surface area contributed by atoms with Crippen LogP contribution < -0.4 is 5.73 Å². The van der Waals surface area contributed by atoms with Crippen molar-refractivity contribution in [1.82, 2.24) is 10.1 Å². The number of hydrogen-bond donors (Lipinski definition) is 1. The fourth-order valence-electron chi connectivity index (χ4n) is 1.92. The molecule has 0 saturated heterocycles. The van der Waals surface area contributed by atoms with Gasteiger partial charge in [0.25, 0.3) is 5.91 Å². The molecule has 5 heteroatoms. The van der Waals surface area contributed by atoms with Gasteiger partial charge in [-0.3, -0.25) is 9.78 Å². The molecule has 1 amide bonds. The number of hydrogen-bond acceptors (Lipinski definition) is 4. The second-order valence-electron chi connectivity index (χ2n) is 4.26. The van der Waals surface area contributed by atoms with Gasteiger partial charge in [-0.05, 0) is 17.7 Å². The summed E-state index contributed by atoms with van der Waals surface area (Å²) < 4.78 is 4.89. The predicted octanol–water partition coefficient (Wildman–Crippen LogP) is 2.50. The summed E-state index contributed by atoms with van der Waals surface area (Å²) in [5.74, 6) is -0.584. The lowest BCUT2D eigenvalue weighted by atomic mass is 10.0. The SMILES string of the molecule is NC(=O)c1cc(-c2cccc(-c3cccnc3)c2)no1. The van der Waals surface area contributed by atoms with Gasteiger partial charge < -0.3 is 10.3 Å². The van der Waals surface area contributed by atoms with E-state index in [-0.39, 0.29) is 5.76 Å². The van der Waals surface area contributed by atoms with Crippen molar-refractivity contribution in [3.63, 3.8) is 0 Å². The van der Waals surface area contributed by atoms with Gasteiger partial charge in [-0.25, -0.2) is 0 Å². The van der Waals surface area contributed by atoms with Crippen molar-refractivity contribution in [2.75, 3.05) is 0 Å². The third-order valence-corrected chi connectivity index (χ3v) is 2.91. The van der Waals surface area contributed by atoms with Crippen LogP contribution in [0.15, 0.2) is 59.4 Å². The van der Waals surface area contributed by atoms with E-state index >= 15 is 0 Å². The van der Waals surface area contributed by atoms with Gasteiger partial charge in [0.2, 0.25) is 5.76 Å². The molecule has 20 heavy (non-hydrogen) atoms. The minimum atomic E-state index is -0.632. The molecule has 2 N–H and O–H groups in total. The van der Waals surface area contributed by atoms with E-state index in [9.17, 15) is 4.79 Å². The van der Waals surface area contributed by atoms with Gasteiger partial charge in [-0.2, -0.15) is 0 Å². The number of carbonyl (C=O) groups is 1. The molecule has 2 heterocycles. The monoisotopic (exact) mass is 265 g/mol. The molecule has 5 nitrogen and oxygen atoms in total. The van der Waals surface area contributed by atoms with Gasteiger partial charge in [0, 0.05) is 29.6 Å². The number of benzene rings is 1. The highest BCUT2D eigenvalue weighted by molar-refractivity contribution is 5.91. The second kappa shape index (κ2) is 4.97. The molecule has 0 aliphatic heterocycles. The van der Waals surface area contributed by atoms with Gasteiger partial charge in [0.1, 0.15) is 5.69 Å². The van der Waals surface area contributed by atoms with Crippen LogP contribution in [0.3, 0.4) is 0 Å². The molecule has 0 aliphatic rings. The van der Waals surface area contributed by atoms with Gasteiger partial charge in [0.15, 0.2) is 0 Å². The summed E-state index contributed by atoms with van der Waals surface area (Å²) in [6.45, 7) is 0. The lowest BCUT2D eigenvalue weighted by Crippen LogP contribution is -2.09. The van der Waals surface area contributed by atoms with E-state index in [0.29, 0.717) is 5.69 Å². The molecule has 0 aliphatic carbocycles. The van der Waals surface area contributed by atoms with E-state index in [1.165, 1.54) is 6.07 Å². The van der Waals surface area contributed by atoms with Gasteiger partial charge >= 0.3 is 0 Å². The minimum Gasteiger partial charge on any atom is -0.363 e. The standard InChI is InChI=1S/C15H11N3O2/c16-15(19)14-8-13(18-20-14)11-4-1-3-10(7-11)12-5-2-6-17-9-12/h1-9H,(H2,16,19). The van der Waals surface area contributed by atoms with E-state index < -0.39 is 5.91 Å². The molecular formula is C15H11N3O2. The average Bonchev–Trinajstić information content (AvgIpc) is 2.98. The zero-order valence-corrected chi connectivity index (χ0v) is 10.5. The number of aromatic nitrogens is 2. The predicted molar refractivity (Wildman–Crippen MR) is 73.7 cm³/mol. The zero-order valence-electron chi connectivity index (χ0n) is 10.5. The summed E-state index contributed by atoms with van der Waals surface area (Å²) in [5.41, 5.74) is 8.59. The topological polar surface area (TPSA) is 82.0 Å². The van der Waals surface area contributed by atoms with E-state index in [1.807, 2.05) is 36.4 Å². The van der Waals surface area contributed by atoms with Crippen LogP contribution in [-0.2, 0) is 0 Å². The fraction of sp³-hybridized carbons (Fsp3) is 0. The maximum Gasteiger partial charge on any atom is 0.287 e. The van der Waals surface area contributed by atoms with Crippen molar-refractivity contribution < 1.29 is 9.32 Å². The lowest BCUT2D eigenvalue weighted by Gasteiger charge is -2.02. The number of pyridine rings is 1. The average molecular weight is 265 g/mol. The number of nitrogens with two attached hydrogens (primary N) is 1. The van der Waals surface area contributed by atoms with Crippen LogP contribution in [0.2, 0.25) is 0 Å². The highest BCUT2D eigenvalue weighted by atomic mass is 16.5. The Kier molecular flexibility index (Phi) is 3.01. The first-order chi connectivity index (χ1) is 9.74. The third-order valence-electron chi connectivity index (χ3n) is 2.91. The van der Waals surface area contributed by atoms with Crippen LogP contribution in [0.4, 0.5) is 0 Å². The first-order valence-corrected chi connectivity index (χ1v) is 6.01. The van der Waals surface area contributed by atoms with Crippen LogP contribution in [0, 0.1) is 0 Å². The van der Waals surface area contributed by atoms with E-state index in [0.717, 1.165) is 16.7 Å². The summed E-state index contributed by atoms with van der Waals surface area (Å²) in [5, 5.41) is 3.85. The van der Waals surface area contributed by atoms with Crippen LogP contribution in [0.5, 0.6) is 0 Å². The summed E-state index contributed by atoms with van der Waals surface area (Å²) >= 11 is 0. The summed E-state index contributed by atoms with van der Waals surface area (Å²) in [7, 11) is 0. The molecule has 2 aromatic heterocycles. The normalized spacial score (nSPS) is 10.4. The molecule has 98 valence electrons. The summed E-state index contributed by atoms with van der Waals surface area (Å²) in [4.78, 5) is 15.1. The van der Waals surface area contributed by atoms with Crippen LogP contribution in [-0.4, -0.2) is 16.0 Å². The number of rotatable bonds is 3. The van der Waals surface area contributed by atoms with Crippen LogP contribution in [0.25, 0.3) is 22.4 Å². The Balaban J connectivity index is 2.01. The molecule has 0 fully saturated rings. The maximum atomic E-state index is 11.0. The molecule has 3 aromatic rings. The first-order valence-electron chi connectivity index (χ1n) is 6.01. The number of carbonyl (C=O) groups excluding carboxylic acids is 1. The molecule has 0 spiro atoms. The Bertz CT molecular complexity index is 751. The third kappa shape index (κ3) is 2.29. The summed E-state index contributed by atoms with van der Waals surface area (Å²) in [6.07, 6.45) is 3.51. The van der Waals surface area contributed by atoms with Crippen molar-refractivity contribution in [2.24, 2.45) is 5.73 Å². The molecular weight excluding hydrogens is 254 g/mol. The molecule has 0 bridgehead atoms. The minimum absolute atomic E-state index is 0.0479. The largest absolute Gasteiger partial charge is 0.363 e. The van der Waals surface area contributed by atoms with E-state index in [1.54, 1.807) is 12.4 Å². The van der Waals surface area contributed by atoms with Crippen molar-refractivity contribution >= 4 is 5.91 Å². The Morgan fingerprint density at radius 1 is 1.05 bits per heavy atom. The molecule has 0 atom stereocenters. The Labute approximate surface area is 115 Å². The molecule has 0 saturated carbocycles.